The topological polar surface area (TPSA) is 50.4 Å². The number of carbonyl (C=O) groups excluding carboxylic acids is 1. The molecule has 0 aliphatic rings. The molecule has 1 heterocycles. The third-order valence-corrected chi connectivity index (χ3v) is 3.67. The third-order valence-electron chi connectivity index (χ3n) is 2.70. The Morgan fingerprint density at radius 2 is 2.10 bits per heavy atom. The number of amides is 1. The van der Waals surface area contributed by atoms with Crippen molar-refractivity contribution in [3.05, 3.63) is 21.9 Å². The van der Waals surface area contributed by atoms with Crippen LogP contribution in [0.3, 0.4) is 0 Å². The molecule has 0 aliphatic carbocycles. The summed E-state index contributed by atoms with van der Waals surface area (Å²) in [6.07, 6.45) is 1.64. The Kier molecular flexibility index (Phi) is 7.02. The van der Waals surface area contributed by atoms with Crippen molar-refractivity contribution in [2.45, 2.75) is 52.7 Å². The number of carbonyl (C=O) groups is 1. The van der Waals surface area contributed by atoms with Crippen molar-refractivity contribution in [3.63, 3.8) is 0 Å². The highest BCUT2D eigenvalue weighted by atomic mass is 32.1. The maximum atomic E-state index is 11.4. The van der Waals surface area contributed by atoms with Crippen molar-refractivity contribution in [1.82, 2.24) is 10.6 Å². The summed E-state index contributed by atoms with van der Waals surface area (Å²) in [5.41, 5.74) is 0.993. The lowest BCUT2D eigenvalue weighted by atomic mass is 10.2. The summed E-state index contributed by atoms with van der Waals surface area (Å²) in [6.45, 7) is 10.2. The van der Waals surface area contributed by atoms with Crippen molar-refractivity contribution in [2.24, 2.45) is 0 Å². The summed E-state index contributed by atoms with van der Waals surface area (Å²) in [4.78, 5) is 12.8. The van der Waals surface area contributed by atoms with Gasteiger partial charge >= 0.3 is 6.09 Å². The van der Waals surface area contributed by atoms with Gasteiger partial charge in [-0.2, -0.15) is 0 Å². The van der Waals surface area contributed by atoms with Crippen LogP contribution in [0.5, 0.6) is 0 Å². The lowest BCUT2D eigenvalue weighted by Crippen LogP contribution is -2.33. The zero-order valence-electron chi connectivity index (χ0n) is 12.9. The molecule has 0 spiro atoms. The van der Waals surface area contributed by atoms with Crippen LogP contribution in [-0.4, -0.2) is 24.8 Å². The predicted octanol–water partition coefficient (Wildman–Crippen LogP) is 3.31. The van der Waals surface area contributed by atoms with Gasteiger partial charge in [-0.05, 0) is 57.2 Å². The summed E-state index contributed by atoms with van der Waals surface area (Å²) in [7, 11) is 0. The fourth-order valence-electron chi connectivity index (χ4n) is 1.76. The molecule has 1 amide bonds. The van der Waals surface area contributed by atoms with Crippen LogP contribution in [0.25, 0.3) is 0 Å². The molecule has 0 saturated heterocycles. The Morgan fingerprint density at radius 3 is 2.75 bits per heavy atom. The number of ether oxygens (including phenoxy) is 1. The minimum Gasteiger partial charge on any atom is -0.444 e. The van der Waals surface area contributed by atoms with E-state index in [0.29, 0.717) is 6.54 Å². The van der Waals surface area contributed by atoms with Gasteiger partial charge in [0.15, 0.2) is 0 Å². The summed E-state index contributed by atoms with van der Waals surface area (Å²) in [5.74, 6) is 0. The normalized spacial score (nSPS) is 11.4. The second-order valence-electron chi connectivity index (χ2n) is 5.68. The first-order valence-corrected chi connectivity index (χ1v) is 8.03. The Hall–Kier alpha value is -1.07. The van der Waals surface area contributed by atoms with Crippen LogP contribution in [0.2, 0.25) is 0 Å². The molecule has 0 atom stereocenters. The summed E-state index contributed by atoms with van der Waals surface area (Å²) in [5, 5.41) is 8.30. The monoisotopic (exact) mass is 298 g/mol. The minimum atomic E-state index is -0.432. The van der Waals surface area contributed by atoms with Gasteiger partial charge in [-0.15, -0.1) is 11.3 Å². The van der Waals surface area contributed by atoms with E-state index in [4.69, 9.17) is 4.74 Å². The maximum Gasteiger partial charge on any atom is 0.407 e. The molecule has 0 bridgehead atoms. The highest BCUT2D eigenvalue weighted by Gasteiger charge is 2.15. The van der Waals surface area contributed by atoms with E-state index in [1.54, 1.807) is 11.3 Å². The first kappa shape index (κ1) is 17.0. The molecule has 1 aromatic rings. The van der Waals surface area contributed by atoms with E-state index < -0.39 is 5.60 Å². The molecule has 1 aromatic heterocycles. The number of rotatable bonds is 7. The number of hydrogen-bond donors (Lipinski definition) is 2. The van der Waals surface area contributed by atoms with Crippen LogP contribution in [0.15, 0.2) is 11.4 Å². The Morgan fingerprint density at radius 1 is 1.35 bits per heavy atom. The van der Waals surface area contributed by atoms with E-state index in [0.717, 1.165) is 25.9 Å². The zero-order chi connectivity index (χ0) is 15.0. The number of nitrogens with one attached hydrogen (secondary N) is 2. The van der Waals surface area contributed by atoms with Crippen molar-refractivity contribution in [2.75, 3.05) is 13.1 Å². The van der Waals surface area contributed by atoms with E-state index in [1.165, 1.54) is 10.4 Å². The molecule has 114 valence electrons. The maximum absolute atomic E-state index is 11.4. The second kappa shape index (κ2) is 8.27. The molecule has 0 fully saturated rings. The molecule has 4 nitrogen and oxygen atoms in total. The van der Waals surface area contributed by atoms with Crippen LogP contribution in [0.1, 0.15) is 44.6 Å². The SMILES string of the molecule is CCc1ccsc1CNCCCNC(=O)OC(C)(C)C. The van der Waals surface area contributed by atoms with Gasteiger partial charge in [0.25, 0.3) is 0 Å². The van der Waals surface area contributed by atoms with Gasteiger partial charge in [0.1, 0.15) is 5.60 Å². The van der Waals surface area contributed by atoms with Crippen LogP contribution in [0.4, 0.5) is 4.79 Å². The van der Waals surface area contributed by atoms with Crippen LogP contribution in [0, 0.1) is 0 Å². The second-order valence-corrected chi connectivity index (χ2v) is 6.68. The lowest BCUT2D eigenvalue weighted by Gasteiger charge is -2.19. The summed E-state index contributed by atoms with van der Waals surface area (Å²) >= 11 is 1.80. The average molecular weight is 298 g/mol. The van der Waals surface area contributed by atoms with Crippen molar-refractivity contribution >= 4 is 17.4 Å². The molecule has 0 unspecified atom stereocenters. The smallest absolute Gasteiger partial charge is 0.407 e. The summed E-state index contributed by atoms with van der Waals surface area (Å²) < 4.78 is 5.16. The van der Waals surface area contributed by atoms with Gasteiger partial charge in [0.2, 0.25) is 0 Å². The van der Waals surface area contributed by atoms with E-state index >= 15 is 0 Å². The predicted molar refractivity (Wildman–Crippen MR) is 84.3 cm³/mol. The molecular formula is C15H26N2O2S. The molecule has 2 N–H and O–H groups in total. The molecular weight excluding hydrogens is 272 g/mol. The van der Waals surface area contributed by atoms with E-state index in [9.17, 15) is 4.79 Å². The molecule has 0 aliphatic heterocycles. The van der Waals surface area contributed by atoms with Gasteiger partial charge in [-0.1, -0.05) is 6.92 Å². The molecule has 0 radical (unpaired) electrons. The Bertz CT molecular complexity index is 410. The Balaban J connectivity index is 2.07. The largest absolute Gasteiger partial charge is 0.444 e. The zero-order valence-corrected chi connectivity index (χ0v) is 13.7. The fraction of sp³-hybridized carbons (Fsp3) is 0.667. The van der Waals surface area contributed by atoms with Crippen LogP contribution >= 0.6 is 11.3 Å². The molecule has 20 heavy (non-hydrogen) atoms. The highest BCUT2D eigenvalue weighted by Crippen LogP contribution is 2.16. The highest BCUT2D eigenvalue weighted by molar-refractivity contribution is 7.10. The van der Waals surface area contributed by atoms with E-state index in [2.05, 4.69) is 29.0 Å². The molecule has 0 saturated carbocycles. The van der Waals surface area contributed by atoms with Crippen molar-refractivity contribution in [3.8, 4) is 0 Å². The van der Waals surface area contributed by atoms with E-state index in [-0.39, 0.29) is 6.09 Å². The van der Waals surface area contributed by atoms with Crippen LogP contribution in [-0.2, 0) is 17.7 Å². The molecule has 5 heteroatoms. The number of aryl methyl sites for hydroxylation is 1. The fourth-order valence-corrected chi connectivity index (χ4v) is 2.70. The third kappa shape index (κ3) is 6.91. The van der Waals surface area contributed by atoms with E-state index in [1.807, 2.05) is 20.8 Å². The number of hydrogen-bond acceptors (Lipinski definition) is 4. The van der Waals surface area contributed by atoms with Crippen LogP contribution < -0.4 is 10.6 Å². The number of thiophene rings is 1. The molecule has 0 aromatic carbocycles. The Labute approximate surface area is 125 Å². The first-order chi connectivity index (χ1) is 9.42. The van der Waals surface area contributed by atoms with Gasteiger partial charge in [0.05, 0.1) is 0 Å². The molecule has 1 rings (SSSR count). The van der Waals surface area contributed by atoms with Gasteiger partial charge in [-0.25, -0.2) is 4.79 Å². The van der Waals surface area contributed by atoms with Gasteiger partial charge in [0, 0.05) is 18.0 Å². The minimum absolute atomic E-state index is 0.343. The van der Waals surface area contributed by atoms with Gasteiger partial charge in [-0.3, -0.25) is 0 Å². The van der Waals surface area contributed by atoms with Crippen molar-refractivity contribution < 1.29 is 9.53 Å². The quantitative estimate of drug-likeness (QED) is 0.759. The average Bonchev–Trinajstić information content (AvgIpc) is 2.78. The number of alkyl carbamates (subject to hydrolysis) is 1. The summed E-state index contributed by atoms with van der Waals surface area (Å²) in [6, 6.07) is 2.19. The lowest BCUT2D eigenvalue weighted by molar-refractivity contribution is 0.0527. The van der Waals surface area contributed by atoms with Gasteiger partial charge < -0.3 is 15.4 Å². The standard InChI is InChI=1S/C15H26N2O2S/c1-5-12-7-10-20-13(12)11-16-8-6-9-17-14(18)19-15(2,3)4/h7,10,16H,5-6,8-9,11H2,1-4H3,(H,17,18). The van der Waals surface area contributed by atoms with Crippen molar-refractivity contribution in [1.29, 1.82) is 0 Å². The first-order valence-electron chi connectivity index (χ1n) is 7.15.